The van der Waals surface area contributed by atoms with Gasteiger partial charge in [0.15, 0.2) is 11.6 Å². The van der Waals surface area contributed by atoms with Gasteiger partial charge in [-0.2, -0.15) is 0 Å². The predicted molar refractivity (Wildman–Crippen MR) is 111 cm³/mol. The molecule has 0 saturated heterocycles. The van der Waals surface area contributed by atoms with Crippen molar-refractivity contribution >= 4 is 24.0 Å². The fourth-order valence-corrected chi connectivity index (χ4v) is 2.85. The molecule has 0 saturated carbocycles. The van der Waals surface area contributed by atoms with E-state index in [2.05, 4.69) is 0 Å². The first-order valence-electron chi connectivity index (χ1n) is 8.65. The van der Waals surface area contributed by atoms with Crippen molar-refractivity contribution in [3.8, 4) is 0 Å². The first-order valence-corrected chi connectivity index (χ1v) is 8.65. The van der Waals surface area contributed by atoms with Gasteiger partial charge in [-0.05, 0) is 5.56 Å². The summed E-state index contributed by atoms with van der Waals surface area (Å²) >= 11 is 0. The van der Waals surface area contributed by atoms with Gasteiger partial charge >= 0.3 is 0 Å². The zero-order valence-electron chi connectivity index (χ0n) is 15.0. The van der Waals surface area contributed by atoms with Crippen LogP contribution in [0.15, 0.2) is 91.0 Å². The van der Waals surface area contributed by atoms with Gasteiger partial charge in [0.1, 0.15) is 0 Å². The van der Waals surface area contributed by atoms with Crippen LogP contribution in [0.4, 0.5) is 0 Å². The predicted octanol–water partition coefficient (Wildman–Crippen LogP) is 4.68. The van der Waals surface area contributed by atoms with Crippen LogP contribution < -0.4 is 0 Å². The van der Waals surface area contributed by atoms with E-state index < -0.39 is 0 Å². The standard InChI is InChI=1S/C23H21NO2.ClH/c25-22(20-12-6-2-7-13-20)17-24(16-19-10-4-1-5-11-19)18-23(26)21-14-8-3-9-15-21;/h1-15H,16-18H2;1H. The molecule has 0 bridgehead atoms. The zero-order valence-corrected chi connectivity index (χ0v) is 15.8. The SMILES string of the molecule is Cl.O=C(CN(CC(=O)c1ccccc1)Cc1ccccc1)c1ccccc1. The van der Waals surface area contributed by atoms with E-state index in [1.165, 1.54) is 0 Å². The van der Waals surface area contributed by atoms with Crippen molar-refractivity contribution in [2.24, 2.45) is 0 Å². The fraction of sp³-hybridized carbons (Fsp3) is 0.130. The smallest absolute Gasteiger partial charge is 0.176 e. The van der Waals surface area contributed by atoms with E-state index in [4.69, 9.17) is 0 Å². The van der Waals surface area contributed by atoms with Crippen molar-refractivity contribution in [1.29, 1.82) is 0 Å². The molecule has 3 aromatic rings. The molecule has 27 heavy (non-hydrogen) atoms. The lowest BCUT2D eigenvalue weighted by Gasteiger charge is -2.21. The highest BCUT2D eigenvalue weighted by Gasteiger charge is 2.17. The van der Waals surface area contributed by atoms with Crippen LogP contribution in [-0.2, 0) is 6.54 Å². The summed E-state index contributed by atoms with van der Waals surface area (Å²) < 4.78 is 0. The average molecular weight is 380 g/mol. The minimum absolute atomic E-state index is 0. The van der Waals surface area contributed by atoms with Crippen molar-refractivity contribution in [2.45, 2.75) is 6.54 Å². The van der Waals surface area contributed by atoms with Gasteiger partial charge in [-0.15, -0.1) is 12.4 Å². The average Bonchev–Trinajstić information content (AvgIpc) is 2.70. The van der Waals surface area contributed by atoms with Crippen LogP contribution in [0.2, 0.25) is 0 Å². The zero-order chi connectivity index (χ0) is 18.2. The van der Waals surface area contributed by atoms with Crippen LogP contribution in [0.3, 0.4) is 0 Å². The normalized spacial score (nSPS) is 10.3. The monoisotopic (exact) mass is 379 g/mol. The highest BCUT2D eigenvalue weighted by atomic mass is 35.5. The highest BCUT2D eigenvalue weighted by molar-refractivity contribution is 5.99. The molecule has 0 aliphatic rings. The van der Waals surface area contributed by atoms with Crippen molar-refractivity contribution in [3.63, 3.8) is 0 Å². The lowest BCUT2D eigenvalue weighted by atomic mass is 10.1. The maximum absolute atomic E-state index is 12.6. The van der Waals surface area contributed by atoms with Crippen molar-refractivity contribution in [2.75, 3.05) is 13.1 Å². The number of hydrogen-bond acceptors (Lipinski definition) is 3. The summed E-state index contributed by atoms with van der Waals surface area (Å²) in [7, 11) is 0. The first-order chi connectivity index (χ1) is 12.7. The number of hydrogen-bond donors (Lipinski definition) is 0. The van der Waals surface area contributed by atoms with E-state index in [-0.39, 0.29) is 37.1 Å². The molecule has 0 aliphatic carbocycles. The van der Waals surface area contributed by atoms with Gasteiger partial charge in [-0.3, -0.25) is 14.5 Å². The molecule has 0 fully saturated rings. The van der Waals surface area contributed by atoms with Crippen LogP contribution in [0.5, 0.6) is 0 Å². The van der Waals surface area contributed by atoms with Crippen molar-refractivity contribution in [3.05, 3.63) is 108 Å². The Balaban J connectivity index is 0.00000261. The molecule has 3 rings (SSSR count). The number of ketones is 2. The third-order valence-corrected chi connectivity index (χ3v) is 4.17. The first kappa shape index (κ1) is 20.6. The summed E-state index contributed by atoms with van der Waals surface area (Å²) in [5, 5.41) is 0. The molecule has 3 nitrogen and oxygen atoms in total. The molecule has 0 radical (unpaired) electrons. The topological polar surface area (TPSA) is 37.4 Å². The van der Waals surface area contributed by atoms with E-state index in [1.54, 1.807) is 0 Å². The van der Waals surface area contributed by atoms with Gasteiger partial charge in [0.05, 0.1) is 13.1 Å². The molecule has 4 heteroatoms. The second kappa shape index (κ2) is 10.4. The van der Waals surface area contributed by atoms with E-state index >= 15 is 0 Å². The van der Waals surface area contributed by atoms with Crippen LogP contribution in [-0.4, -0.2) is 29.6 Å². The van der Waals surface area contributed by atoms with Crippen LogP contribution >= 0.6 is 12.4 Å². The number of carbonyl (C=O) groups is 2. The Morgan fingerprint density at radius 3 is 1.37 bits per heavy atom. The minimum Gasteiger partial charge on any atom is -0.293 e. The second-order valence-corrected chi connectivity index (χ2v) is 6.21. The number of carbonyl (C=O) groups excluding carboxylic acids is 2. The summed E-state index contributed by atoms with van der Waals surface area (Å²) in [5.41, 5.74) is 2.41. The third kappa shape index (κ3) is 6.17. The third-order valence-electron chi connectivity index (χ3n) is 4.17. The molecule has 0 atom stereocenters. The fourth-order valence-electron chi connectivity index (χ4n) is 2.85. The summed E-state index contributed by atoms with van der Waals surface area (Å²) in [4.78, 5) is 27.1. The molecule has 0 amide bonds. The quantitative estimate of drug-likeness (QED) is 0.533. The van der Waals surface area contributed by atoms with Crippen LogP contribution in [0.25, 0.3) is 0 Å². The molecule has 0 aliphatic heterocycles. The van der Waals surface area contributed by atoms with Gasteiger partial charge in [0, 0.05) is 17.7 Å². The molecule has 0 heterocycles. The van der Waals surface area contributed by atoms with Gasteiger partial charge in [0.25, 0.3) is 0 Å². The molecular formula is C23H22ClNO2. The largest absolute Gasteiger partial charge is 0.293 e. The molecule has 0 unspecified atom stereocenters. The lowest BCUT2D eigenvalue weighted by Crippen LogP contribution is -2.34. The molecule has 0 N–H and O–H groups in total. The van der Waals surface area contributed by atoms with Gasteiger partial charge < -0.3 is 0 Å². The lowest BCUT2D eigenvalue weighted by molar-refractivity contribution is 0.0864. The Bertz CT molecular complexity index is 798. The Hall–Kier alpha value is -2.75. The Morgan fingerprint density at radius 2 is 0.963 bits per heavy atom. The van der Waals surface area contributed by atoms with Crippen molar-refractivity contribution < 1.29 is 9.59 Å². The Kier molecular flexibility index (Phi) is 7.93. The minimum atomic E-state index is 0. The molecular weight excluding hydrogens is 358 g/mol. The number of rotatable bonds is 8. The summed E-state index contributed by atoms with van der Waals surface area (Å²) in [6, 6.07) is 28.3. The van der Waals surface area contributed by atoms with Gasteiger partial charge in [0.2, 0.25) is 0 Å². The van der Waals surface area contributed by atoms with Crippen LogP contribution in [0.1, 0.15) is 26.3 Å². The molecule has 138 valence electrons. The van der Waals surface area contributed by atoms with E-state index in [9.17, 15) is 9.59 Å². The van der Waals surface area contributed by atoms with E-state index in [0.717, 1.165) is 5.56 Å². The maximum Gasteiger partial charge on any atom is 0.176 e. The second-order valence-electron chi connectivity index (χ2n) is 6.21. The van der Waals surface area contributed by atoms with E-state index in [0.29, 0.717) is 17.7 Å². The Morgan fingerprint density at radius 1 is 0.593 bits per heavy atom. The summed E-state index contributed by atoms with van der Waals surface area (Å²) in [6.07, 6.45) is 0. The number of Topliss-reactive ketones (excluding diaryl/α,β-unsaturated/α-hetero) is 2. The van der Waals surface area contributed by atoms with Gasteiger partial charge in [-0.25, -0.2) is 0 Å². The molecule has 0 spiro atoms. The van der Waals surface area contributed by atoms with Crippen LogP contribution in [0, 0.1) is 0 Å². The van der Waals surface area contributed by atoms with Crippen molar-refractivity contribution in [1.82, 2.24) is 4.90 Å². The molecule has 3 aromatic carbocycles. The summed E-state index contributed by atoms with van der Waals surface area (Å²) in [5.74, 6) is 0.0322. The highest BCUT2D eigenvalue weighted by Crippen LogP contribution is 2.10. The number of nitrogens with zero attached hydrogens (tertiary/aromatic N) is 1. The van der Waals surface area contributed by atoms with Gasteiger partial charge in [-0.1, -0.05) is 91.0 Å². The van der Waals surface area contributed by atoms with E-state index in [1.807, 2.05) is 95.9 Å². The summed E-state index contributed by atoms with van der Waals surface area (Å²) in [6.45, 7) is 0.965. The molecule has 0 aromatic heterocycles. The number of halogens is 1. The maximum atomic E-state index is 12.6. The number of benzene rings is 3. The Labute approximate surface area is 166 Å².